The SMILES string of the molecule is CCN(C(=O)[C@@H]1CCCNC1)C1CCCCC1.Cl. The summed E-state index contributed by atoms with van der Waals surface area (Å²) in [5.74, 6) is 0.650. The molecule has 1 aliphatic heterocycles. The molecule has 0 aromatic rings. The quantitative estimate of drug-likeness (QED) is 0.858. The number of carbonyl (C=O) groups excluding carboxylic acids is 1. The van der Waals surface area contributed by atoms with Gasteiger partial charge in [-0.3, -0.25) is 4.79 Å². The third kappa shape index (κ3) is 3.86. The minimum atomic E-state index is 0. The van der Waals surface area contributed by atoms with Gasteiger partial charge in [0.25, 0.3) is 0 Å². The van der Waals surface area contributed by atoms with Crippen LogP contribution in [0.2, 0.25) is 0 Å². The van der Waals surface area contributed by atoms with Crippen LogP contribution in [0.5, 0.6) is 0 Å². The number of amides is 1. The summed E-state index contributed by atoms with van der Waals surface area (Å²) in [5, 5.41) is 3.35. The highest BCUT2D eigenvalue weighted by Gasteiger charge is 2.30. The zero-order valence-corrected chi connectivity index (χ0v) is 12.3. The largest absolute Gasteiger partial charge is 0.340 e. The number of rotatable bonds is 3. The van der Waals surface area contributed by atoms with Gasteiger partial charge in [-0.2, -0.15) is 0 Å². The number of nitrogens with zero attached hydrogens (tertiary/aromatic N) is 1. The Labute approximate surface area is 117 Å². The fourth-order valence-electron chi connectivity index (χ4n) is 3.28. The number of hydrogen-bond donors (Lipinski definition) is 1. The molecular weight excluding hydrogens is 248 g/mol. The summed E-state index contributed by atoms with van der Waals surface area (Å²) in [5.41, 5.74) is 0. The van der Waals surface area contributed by atoms with E-state index in [0.29, 0.717) is 11.9 Å². The van der Waals surface area contributed by atoms with Crippen molar-refractivity contribution in [3.63, 3.8) is 0 Å². The van der Waals surface area contributed by atoms with E-state index < -0.39 is 0 Å². The third-order valence-corrected chi connectivity index (χ3v) is 4.29. The van der Waals surface area contributed by atoms with Crippen molar-refractivity contribution in [2.45, 2.75) is 57.9 Å². The standard InChI is InChI=1S/C14H26N2O.ClH/c1-2-16(13-8-4-3-5-9-13)14(17)12-7-6-10-15-11-12;/h12-13,15H,2-11H2,1H3;1H/t12-;/m1./s1. The first kappa shape index (κ1) is 15.8. The lowest BCUT2D eigenvalue weighted by molar-refractivity contribution is -0.138. The maximum absolute atomic E-state index is 12.5. The normalized spacial score (nSPS) is 25.3. The van der Waals surface area contributed by atoms with Crippen molar-refractivity contribution in [3.05, 3.63) is 0 Å². The lowest BCUT2D eigenvalue weighted by atomic mass is 9.91. The van der Waals surface area contributed by atoms with Crippen LogP contribution in [-0.4, -0.2) is 36.5 Å². The molecule has 106 valence electrons. The molecule has 1 atom stereocenters. The zero-order chi connectivity index (χ0) is 12.1. The molecule has 0 spiro atoms. The average molecular weight is 275 g/mol. The number of piperidine rings is 1. The molecule has 0 aromatic heterocycles. The maximum Gasteiger partial charge on any atom is 0.227 e. The van der Waals surface area contributed by atoms with E-state index in [4.69, 9.17) is 0 Å². The molecule has 3 nitrogen and oxygen atoms in total. The van der Waals surface area contributed by atoms with Crippen LogP contribution in [0.15, 0.2) is 0 Å². The molecule has 2 aliphatic rings. The van der Waals surface area contributed by atoms with E-state index in [0.717, 1.165) is 32.5 Å². The van der Waals surface area contributed by atoms with E-state index in [1.807, 2.05) is 0 Å². The average Bonchev–Trinajstić information content (AvgIpc) is 2.42. The smallest absolute Gasteiger partial charge is 0.227 e. The van der Waals surface area contributed by atoms with E-state index in [2.05, 4.69) is 17.1 Å². The van der Waals surface area contributed by atoms with Crippen molar-refractivity contribution in [2.75, 3.05) is 19.6 Å². The van der Waals surface area contributed by atoms with Gasteiger partial charge in [0.1, 0.15) is 0 Å². The predicted octanol–water partition coefficient (Wildman–Crippen LogP) is 2.59. The Hall–Kier alpha value is -0.280. The Morgan fingerprint density at radius 2 is 1.89 bits per heavy atom. The second kappa shape index (κ2) is 8.00. The van der Waals surface area contributed by atoms with Crippen molar-refractivity contribution in [2.24, 2.45) is 5.92 Å². The van der Waals surface area contributed by atoms with E-state index in [-0.39, 0.29) is 18.3 Å². The molecule has 2 fully saturated rings. The molecule has 0 unspecified atom stereocenters. The van der Waals surface area contributed by atoms with Gasteiger partial charge in [0, 0.05) is 19.1 Å². The summed E-state index contributed by atoms with van der Waals surface area (Å²) in [7, 11) is 0. The molecule has 1 amide bonds. The predicted molar refractivity (Wildman–Crippen MR) is 77.1 cm³/mol. The summed E-state index contributed by atoms with van der Waals surface area (Å²) in [6.07, 6.45) is 8.63. The number of halogens is 1. The monoisotopic (exact) mass is 274 g/mol. The lowest BCUT2D eigenvalue weighted by Crippen LogP contribution is -2.47. The highest BCUT2D eigenvalue weighted by atomic mass is 35.5. The van der Waals surface area contributed by atoms with Crippen LogP contribution in [0.25, 0.3) is 0 Å². The molecule has 1 aliphatic carbocycles. The van der Waals surface area contributed by atoms with Crippen molar-refractivity contribution in [3.8, 4) is 0 Å². The molecular formula is C14H27ClN2O. The fourth-order valence-corrected chi connectivity index (χ4v) is 3.28. The van der Waals surface area contributed by atoms with Gasteiger partial charge in [-0.1, -0.05) is 19.3 Å². The summed E-state index contributed by atoms with van der Waals surface area (Å²) in [6, 6.07) is 0.531. The minimum absolute atomic E-state index is 0. The van der Waals surface area contributed by atoms with E-state index in [1.165, 1.54) is 32.1 Å². The molecule has 0 aromatic carbocycles. The van der Waals surface area contributed by atoms with Gasteiger partial charge in [0.05, 0.1) is 5.92 Å². The Bertz CT molecular complexity index is 248. The molecule has 1 saturated carbocycles. The highest BCUT2D eigenvalue weighted by molar-refractivity contribution is 5.85. The fraction of sp³-hybridized carbons (Fsp3) is 0.929. The first-order valence-corrected chi connectivity index (χ1v) is 7.34. The molecule has 2 rings (SSSR count). The lowest BCUT2D eigenvalue weighted by Gasteiger charge is -2.36. The van der Waals surface area contributed by atoms with Gasteiger partial charge in [-0.25, -0.2) is 0 Å². The molecule has 1 heterocycles. The van der Waals surface area contributed by atoms with Gasteiger partial charge < -0.3 is 10.2 Å². The van der Waals surface area contributed by atoms with Crippen LogP contribution in [-0.2, 0) is 4.79 Å². The first-order valence-electron chi connectivity index (χ1n) is 7.34. The second-order valence-corrected chi connectivity index (χ2v) is 5.46. The summed E-state index contributed by atoms with van der Waals surface area (Å²) < 4.78 is 0. The van der Waals surface area contributed by atoms with Crippen LogP contribution < -0.4 is 5.32 Å². The molecule has 1 saturated heterocycles. The van der Waals surface area contributed by atoms with Crippen LogP contribution in [0.3, 0.4) is 0 Å². The van der Waals surface area contributed by atoms with Crippen molar-refractivity contribution in [1.82, 2.24) is 10.2 Å². The Kier molecular flexibility index (Phi) is 7.02. The topological polar surface area (TPSA) is 32.3 Å². The number of nitrogens with one attached hydrogen (secondary N) is 1. The second-order valence-electron chi connectivity index (χ2n) is 5.46. The maximum atomic E-state index is 12.5. The van der Waals surface area contributed by atoms with Crippen LogP contribution in [0.1, 0.15) is 51.9 Å². The van der Waals surface area contributed by atoms with Crippen molar-refractivity contribution in [1.29, 1.82) is 0 Å². The van der Waals surface area contributed by atoms with Gasteiger partial charge >= 0.3 is 0 Å². The Balaban J connectivity index is 0.00000162. The minimum Gasteiger partial charge on any atom is -0.340 e. The molecule has 4 heteroatoms. The highest BCUT2D eigenvalue weighted by Crippen LogP contribution is 2.25. The van der Waals surface area contributed by atoms with Crippen molar-refractivity contribution < 1.29 is 4.79 Å². The molecule has 18 heavy (non-hydrogen) atoms. The van der Waals surface area contributed by atoms with Crippen LogP contribution >= 0.6 is 12.4 Å². The van der Waals surface area contributed by atoms with Gasteiger partial charge in [-0.15, -0.1) is 12.4 Å². The third-order valence-electron chi connectivity index (χ3n) is 4.29. The first-order chi connectivity index (χ1) is 8.33. The zero-order valence-electron chi connectivity index (χ0n) is 11.5. The van der Waals surface area contributed by atoms with E-state index in [1.54, 1.807) is 0 Å². The van der Waals surface area contributed by atoms with E-state index >= 15 is 0 Å². The van der Waals surface area contributed by atoms with Crippen LogP contribution in [0, 0.1) is 5.92 Å². The Morgan fingerprint density at radius 3 is 2.44 bits per heavy atom. The Morgan fingerprint density at radius 1 is 1.17 bits per heavy atom. The van der Waals surface area contributed by atoms with Crippen molar-refractivity contribution >= 4 is 18.3 Å². The van der Waals surface area contributed by atoms with Crippen LogP contribution in [0.4, 0.5) is 0 Å². The molecule has 0 radical (unpaired) electrons. The van der Waals surface area contributed by atoms with Gasteiger partial charge in [0.15, 0.2) is 0 Å². The van der Waals surface area contributed by atoms with Gasteiger partial charge in [-0.05, 0) is 39.2 Å². The molecule has 0 bridgehead atoms. The number of hydrogen-bond acceptors (Lipinski definition) is 2. The number of carbonyl (C=O) groups is 1. The van der Waals surface area contributed by atoms with E-state index in [9.17, 15) is 4.79 Å². The van der Waals surface area contributed by atoms with Gasteiger partial charge in [0.2, 0.25) is 5.91 Å². The summed E-state index contributed by atoms with van der Waals surface area (Å²) in [6.45, 7) is 4.99. The molecule has 1 N–H and O–H groups in total. The summed E-state index contributed by atoms with van der Waals surface area (Å²) >= 11 is 0. The summed E-state index contributed by atoms with van der Waals surface area (Å²) in [4.78, 5) is 14.7.